The van der Waals surface area contributed by atoms with Gasteiger partial charge in [-0.05, 0) is 48.0 Å². The van der Waals surface area contributed by atoms with Crippen LogP contribution < -0.4 is 10.6 Å². The molecule has 0 spiro atoms. The summed E-state index contributed by atoms with van der Waals surface area (Å²) in [6.45, 7) is 3.78. The van der Waals surface area contributed by atoms with E-state index in [0.29, 0.717) is 15.3 Å². The molecule has 0 aliphatic rings. The van der Waals surface area contributed by atoms with Crippen molar-refractivity contribution in [3.8, 4) is 0 Å². The zero-order valence-corrected chi connectivity index (χ0v) is 13.6. The molecule has 21 heavy (non-hydrogen) atoms. The van der Waals surface area contributed by atoms with Gasteiger partial charge in [0.15, 0.2) is 5.13 Å². The van der Waals surface area contributed by atoms with Crippen LogP contribution in [-0.2, 0) is 0 Å². The van der Waals surface area contributed by atoms with E-state index in [1.807, 2.05) is 13.8 Å². The number of rotatable bonds is 3. The molecule has 0 unspecified atom stereocenters. The molecule has 2 rings (SSSR count). The van der Waals surface area contributed by atoms with Crippen LogP contribution in [0.2, 0.25) is 0 Å². The van der Waals surface area contributed by atoms with Crippen LogP contribution in [0.3, 0.4) is 0 Å². The van der Waals surface area contributed by atoms with Crippen LogP contribution in [0, 0.1) is 13.8 Å². The Hall–Kier alpha value is -1.93. The molecule has 8 heteroatoms. The number of carboxylic acid groups (broad SMARTS) is 1. The number of urea groups is 1. The fourth-order valence-corrected chi connectivity index (χ4v) is 2.78. The summed E-state index contributed by atoms with van der Waals surface area (Å²) in [5.41, 5.74) is 1.33. The lowest BCUT2D eigenvalue weighted by Crippen LogP contribution is -2.19. The minimum absolute atomic E-state index is 0.0775. The number of anilines is 2. The molecule has 0 radical (unpaired) electrons. The number of amides is 2. The fourth-order valence-electron chi connectivity index (χ4n) is 1.55. The number of carboxylic acids is 1. The van der Waals surface area contributed by atoms with E-state index in [2.05, 4.69) is 31.5 Å². The smallest absolute Gasteiger partial charge is 0.336 e. The lowest BCUT2D eigenvalue weighted by Gasteiger charge is -2.07. The summed E-state index contributed by atoms with van der Waals surface area (Å²) >= 11 is 4.52. The third kappa shape index (κ3) is 3.79. The second kappa shape index (κ2) is 6.23. The average Bonchev–Trinajstić information content (AvgIpc) is 2.70. The second-order valence-electron chi connectivity index (χ2n) is 4.24. The van der Waals surface area contributed by atoms with Crippen LogP contribution in [0.4, 0.5) is 15.6 Å². The zero-order valence-electron chi connectivity index (χ0n) is 11.2. The number of benzene rings is 1. The van der Waals surface area contributed by atoms with E-state index in [1.54, 1.807) is 12.1 Å². The minimum atomic E-state index is -1.07. The van der Waals surface area contributed by atoms with Gasteiger partial charge in [0.2, 0.25) is 0 Å². The van der Waals surface area contributed by atoms with E-state index in [-0.39, 0.29) is 5.56 Å². The van der Waals surface area contributed by atoms with Gasteiger partial charge in [-0.15, -0.1) is 11.3 Å². The molecule has 0 aliphatic carbocycles. The van der Waals surface area contributed by atoms with E-state index in [1.165, 1.54) is 17.4 Å². The maximum Gasteiger partial charge on any atom is 0.336 e. The van der Waals surface area contributed by atoms with E-state index in [4.69, 9.17) is 5.11 Å². The number of hydrogen-bond acceptors (Lipinski definition) is 4. The SMILES string of the molecule is Cc1nc(NC(=O)Nc2ccc(Br)c(C(=O)O)c2)sc1C. The van der Waals surface area contributed by atoms with Crippen molar-refractivity contribution < 1.29 is 14.7 Å². The summed E-state index contributed by atoms with van der Waals surface area (Å²) in [7, 11) is 0. The third-order valence-electron chi connectivity index (χ3n) is 2.70. The van der Waals surface area contributed by atoms with Crippen molar-refractivity contribution in [2.45, 2.75) is 13.8 Å². The van der Waals surface area contributed by atoms with Crippen LogP contribution in [0.5, 0.6) is 0 Å². The first kappa shape index (κ1) is 15.5. The Labute approximate surface area is 133 Å². The van der Waals surface area contributed by atoms with Crippen LogP contribution in [0.25, 0.3) is 0 Å². The zero-order chi connectivity index (χ0) is 15.6. The fraction of sp³-hybridized carbons (Fsp3) is 0.154. The highest BCUT2D eigenvalue weighted by atomic mass is 79.9. The van der Waals surface area contributed by atoms with Gasteiger partial charge in [-0.1, -0.05) is 0 Å². The largest absolute Gasteiger partial charge is 0.478 e. The van der Waals surface area contributed by atoms with Gasteiger partial charge in [-0.3, -0.25) is 5.32 Å². The number of nitrogens with one attached hydrogen (secondary N) is 2. The molecule has 2 amide bonds. The molecule has 0 bridgehead atoms. The van der Waals surface area contributed by atoms with E-state index in [0.717, 1.165) is 10.6 Å². The first-order valence-corrected chi connectivity index (χ1v) is 7.52. The highest BCUT2D eigenvalue weighted by Crippen LogP contribution is 2.23. The van der Waals surface area contributed by atoms with Crippen LogP contribution in [0.15, 0.2) is 22.7 Å². The molecule has 0 saturated heterocycles. The lowest BCUT2D eigenvalue weighted by atomic mass is 10.2. The number of hydrogen-bond donors (Lipinski definition) is 3. The molecule has 2 aromatic rings. The Kier molecular flexibility index (Phi) is 4.59. The third-order valence-corrected chi connectivity index (χ3v) is 4.38. The predicted molar refractivity (Wildman–Crippen MR) is 85.3 cm³/mol. The van der Waals surface area contributed by atoms with Gasteiger partial charge in [0.25, 0.3) is 0 Å². The first-order valence-electron chi connectivity index (χ1n) is 5.91. The van der Waals surface area contributed by atoms with E-state index < -0.39 is 12.0 Å². The summed E-state index contributed by atoms with van der Waals surface area (Å²) in [4.78, 5) is 28.1. The number of thiazole rings is 1. The van der Waals surface area contributed by atoms with Gasteiger partial charge in [-0.2, -0.15) is 0 Å². The number of aromatic carboxylic acids is 1. The van der Waals surface area contributed by atoms with Crippen molar-refractivity contribution in [2.24, 2.45) is 0 Å². The Morgan fingerprint density at radius 1 is 1.29 bits per heavy atom. The van der Waals surface area contributed by atoms with Gasteiger partial charge in [0.05, 0.1) is 11.3 Å². The normalized spacial score (nSPS) is 10.2. The summed E-state index contributed by atoms with van der Waals surface area (Å²) in [5.74, 6) is -1.07. The van der Waals surface area contributed by atoms with E-state index >= 15 is 0 Å². The molecule has 1 aromatic heterocycles. The molecule has 0 fully saturated rings. The van der Waals surface area contributed by atoms with Crippen LogP contribution >= 0.6 is 27.3 Å². The van der Waals surface area contributed by atoms with Crippen molar-refractivity contribution in [3.05, 3.63) is 38.8 Å². The molecular formula is C13H12BrN3O3S. The minimum Gasteiger partial charge on any atom is -0.478 e. The number of carbonyl (C=O) groups excluding carboxylic acids is 1. The number of nitrogens with zero attached hydrogens (tertiary/aromatic N) is 1. The van der Waals surface area contributed by atoms with Crippen LogP contribution in [0.1, 0.15) is 20.9 Å². The van der Waals surface area contributed by atoms with Gasteiger partial charge >= 0.3 is 12.0 Å². The van der Waals surface area contributed by atoms with E-state index in [9.17, 15) is 9.59 Å². The first-order chi connectivity index (χ1) is 9.86. The van der Waals surface area contributed by atoms with Crippen molar-refractivity contribution in [1.29, 1.82) is 0 Å². The number of aryl methyl sites for hydroxylation is 2. The van der Waals surface area contributed by atoms with Gasteiger partial charge in [-0.25, -0.2) is 14.6 Å². The maximum absolute atomic E-state index is 11.9. The van der Waals surface area contributed by atoms with Gasteiger partial charge < -0.3 is 10.4 Å². The summed E-state index contributed by atoms with van der Waals surface area (Å²) in [6, 6.07) is 4.08. The molecule has 6 nitrogen and oxygen atoms in total. The Morgan fingerprint density at radius 3 is 2.57 bits per heavy atom. The molecule has 0 saturated carbocycles. The average molecular weight is 370 g/mol. The van der Waals surface area contributed by atoms with Gasteiger partial charge in [0.1, 0.15) is 0 Å². The highest BCUT2D eigenvalue weighted by Gasteiger charge is 2.12. The molecule has 1 aromatic carbocycles. The summed E-state index contributed by atoms with van der Waals surface area (Å²) in [5, 5.41) is 14.7. The molecular weight excluding hydrogens is 358 g/mol. The standard InChI is InChI=1S/C13H12BrN3O3S/c1-6-7(2)21-13(15-6)17-12(20)16-8-3-4-10(14)9(5-8)11(18)19/h3-5H,1-2H3,(H,18,19)(H2,15,16,17,20). The summed E-state index contributed by atoms with van der Waals surface area (Å²) < 4.78 is 0.451. The van der Waals surface area contributed by atoms with Crippen molar-refractivity contribution in [2.75, 3.05) is 10.6 Å². The quantitative estimate of drug-likeness (QED) is 0.765. The number of aromatic nitrogens is 1. The summed E-state index contributed by atoms with van der Waals surface area (Å²) in [6.07, 6.45) is 0. The predicted octanol–water partition coefficient (Wildman–Crippen LogP) is 3.86. The second-order valence-corrected chi connectivity index (χ2v) is 6.30. The topological polar surface area (TPSA) is 91.3 Å². The maximum atomic E-state index is 11.9. The number of carbonyl (C=O) groups is 2. The Morgan fingerprint density at radius 2 is 2.00 bits per heavy atom. The van der Waals surface area contributed by atoms with Crippen molar-refractivity contribution >= 4 is 50.1 Å². The van der Waals surface area contributed by atoms with Crippen molar-refractivity contribution in [3.63, 3.8) is 0 Å². The molecule has 0 aliphatic heterocycles. The monoisotopic (exact) mass is 369 g/mol. The molecule has 0 atom stereocenters. The van der Waals surface area contributed by atoms with Gasteiger partial charge in [0, 0.05) is 15.0 Å². The molecule has 3 N–H and O–H groups in total. The Balaban J connectivity index is 2.09. The Bertz CT molecular complexity index is 695. The highest BCUT2D eigenvalue weighted by molar-refractivity contribution is 9.10. The molecule has 1 heterocycles. The van der Waals surface area contributed by atoms with Crippen molar-refractivity contribution in [1.82, 2.24) is 4.98 Å². The number of halogens is 1. The molecule has 110 valence electrons. The van der Waals surface area contributed by atoms with Crippen LogP contribution in [-0.4, -0.2) is 22.1 Å². The lowest BCUT2D eigenvalue weighted by molar-refractivity contribution is 0.0696.